The number of carbonyl (C=O) groups is 3. The summed E-state index contributed by atoms with van der Waals surface area (Å²) >= 11 is 0. The van der Waals surface area contributed by atoms with Gasteiger partial charge in [0, 0.05) is 12.5 Å². The number of carbonyl (C=O) groups excluding carboxylic acids is 2. The summed E-state index contributed by atoms with van der Waals surface area (Å²) in [6.45, 7) is 6.03. The zero-order valence-electron chi connectivity index (χ0n) is 19.2. The molecule has 174 valence electrons. The van der Waals surface area contributed by atoms with Crippen molar-refractivity contribution in [2.45, 2.75) is 51.6 Å². The molecule has 1 aliphatic heterocycles. The highest BCUT2D eigenvalue weighted by Gasteiger charge is 2.42. The Morgan fingerprint density at radius 2 is 1.64 bits per heavy atom. The fraction of sp³-hybridized carbons (Fsp3) is 0.423. The molecule has 2 aromatic rings. The second kappa shape index (κ2) is 8.89. The Balaban J connectivity index is 1.47. The van der Waals surface area contributed by atoms with Gasteiger partial charge in [-0.2, -0.15) is 0 Å². The lowest BCUT2D eigenvalue weighted by molar-refractivity contribution is -0.150. The SMILES string of the molecule is CC(C)(C)[C@H](NC(=O)OCC1c2ccccc2-c2ccccc21)C(=O)N1CCCC1C(=O)O. The van der Waals surface area contributed by atoms with Crippen molar-refractivity contribution < 1.29 is 24.2 Å². The molecule has 0 radical (unpaired) electrons. The van der Waals surface area contributed by atoms with Crippen LogP contribution in [0.1, 0.15) is 50.7 Å². The average molecular weight is 451 g/mol. The molecule has 33 heavy (non-hydrogen) atoms. The molecule has 2 aliphatic rings. The first-order valence-electron chi connectivity index (χ1n) is 11.3. The number of rotatable bonds is 5. The Hall–Kier alpha value is -3.35. The van der Waals surface area contributed by atoms with Crippen molar-refractivity contribution >= 4 is 18.0 Å². The summed E-state index contributed by atoms with van der Waals surface area (Å²) in [4.78, 5) is 38.9. The van der Waals surface area contributed by atoms with E-state index in [0.29, 0.717) is 19.4 Å². The summed E-state index contributed by atoms with van der Waals surface area (Å²) < 4.78 is 5.62. The molecule has 7 nitrogen and oxygen atoms in total. The third-order valence-electron chi connectivity index (χ3n) is 6.54. The van der Waals surface area contributed by atoms with E-state index in [1.54, 1.807) is 0 Å². The number of carboxylic acids is 1. The number of nitrogens with one attached hydrogen (secondary N) is 1. The molecule has 2 aromatic carbocycles. The van der Waals surface area contributed by atoms with Crippen molar-refractivity contribution in [2.75, 3.05) is 13.2 Å². The number of nitrogens with zero attached hydrogens (tertiary/aromatic N) is 1. The Bertz CT molecular complexity index is 1030. The molecular formula is C26H30N2O5. The number of fused-ring (bicyclic) bond motifs is 3. The van der Waals surface area contributed by atoms with Crippen LogP contribution in [0.15, 0.2) is 48.5 Å². The number of aliphatic carboxylic acids is 1. The molecule has 7 heteroatoms. The number of likely N-dealkylation sites (tertiary alicyclic amines) is 1. The lowest BCUT2D eigenvalue weighted by Crippen LogP contribution is -2.56. The molecule has 1 saturated heterocycles. The second-order valence-corrected chi connectivity index (χ2v) is 9.80. The van der Waals surface area contributed by atoms with E-state index in [4.69, 9.17) is 4.74 Å². The van der Waals surface area contributed by atoms with Gasteiger partial charge in [0.05, 0.1) is 0 Å². The first-order chi connectivity index (χ1) is 15.7. The maximum atomic E-state index is 13.2. The van der Waals surface area contributed by atoms with E-state index in [9.17, 15) is 19.5 Å². The number of alkyl carbamates (subject to hydrolysis) is 1. The van der Waals surface area contributed by atoms with Crippen molar-refractivity contribution in [1.29, 1.82) is 0 Å². The molecule has 0 spiro atoms. The van der Waals surface area contributed by atoms with Gasteiger partial charge in [0.1, 0.15) is 18.7 Å². The fourth-order valence-electron chi connectivity index (χ4n) is 4.86. The van der Waals surface area contributed by atoms with Gasteiger partial charge < -0.3 is 20.1 Å². The summed E-state index contributed by atoms with van der Waals surface area (Å²) in [5, 5.41) is 12.2. The van der Waals surface area contributed by atoms with Crippen LogP contribution in [0.4, 0.5) is 4.79 Å². The molecule has 0 aromatic heterocycles. The Kier molecular flexibility index (Phi) is 6.15. The zero-order valence-corrected chi connectivity index (χ0v) is 19.2. The third kappa shape index (κ3) is 4.45. The van der Waals surface area contributed by atoms with Gasteiger partial charge in [0.25, 0.3) is 0 Å². The monoisotopic (exact) mass is 450 g/mol. The fourth-order valence-corrected chi connectivity index (χ4v) is 4.86. The van der Waals surface area contributed by atoms with E-state index in [0.717, 1.165) is 22.3 Å². The van der Waals surface area contributed by atoms with Crippen molar-refractivity contribution in [3.05, 3.63) is 59.7 Å². The topological polar surface area (TPSA) is 95.9 Å². The van der Waals surface area contributed by atoms with Crippen molar-refractivity contribution in [3.8, 4) is 11.1 Å². The van der Waals surface area contributed by atoms with E-state index in [1.165, 1.54) is 4.90 Å². The lowest BCUT2D eigenvalue weighted by atomic mass is 9.85. The number of hydrogen-bond acceptors (Lipinski definition) is 4. The molecule has 2 amide bonds. The Morgan fingerprint density at radius 1 is 1.06 bits per heavy atom. The molecule has 2 atom stereocenters. The normalized spacial score (nSPS) is 18.4. The van der Waals surface area contributed by atoms with E-state index >= 15 is 0 Å². The minimum absolute atomic E-state index is 0.0816. The summed E-state index contributed by atoms with van der Waals surface area (Å²) in [7, 11) is 0. The second-order valence-electron chi connectivity index (χ2n) is 9.80. The number of hydrogen-bond donors (Lipinski definition) is 2. The summed E-state index contributed by atoms with van der Waals surface area (Å²) in [6, 6.07) is 14.4. The van der Waals surface area contributed by atoms with Gasteiger partial charge in [-0.15, -0.1) is 0 Å². The Morgan fingerprint density at radius 3 is 2.18 bits per heavy atom. The maximum Gasteiger partial charge on any atom is 0.407 e. The van der Waals surface area contributed by atoms with Crippen LogP contribution in [0.3, 0.4) is 0 Å². The number of ether oxygens (including phenoxy) is 1. The smallest absolute Gasteiger partial charge is 0.407 e. The highest BCUT2D eigenvalue weighted by Crippen LogP contribution is 2.44. The van der Waals surface area contributed by atoms with E-state index in [2.05, 4.69) is 17.4 Å². The summed E-state index contributed by atoms with van der Waals surface area (Å²) in [6.07, 6.45) is 0.365. The molecule has 1 unspecified atom stereocenters. The van der Waals surface area contributed by atoms with Gasteiger partial charge in [0.15, 0.2) is 0 Å². The first-order valence-corrected chi connectivity index (χ1v) is 11.3. The maximum absolute atomic E-state index is 13.2. The van der Waals surface area contributed by atoms with Crippen LogP contribution in [0.25, 0.3) is 11.1 Å². The molecule has 4 rings (SSSR count). The minimum Gasteiger partial charge on any atom is -0.480 e. The highest BCUT2D eigenvalue weighted by molar-refractivity contribution is 5.90. The Labute approximate surface area is 193 Å². The van der Waals surface area contributed by atoms with Crippen LogP contribution >= 0.6 is 0 Å². The first kappa shape index (κ1) is 22.8. The van der Waals surface area contributed by atoms with Crippen molar-refractivity contribution in [1.82, 2.24) is 10.2 Å². The number of carboxylic acid groups (broad SMARTS) is 1. The van der Waals surface area contributed by atoms with Crippen LogP contribution in [-0.2, 0) is 14.3 Å². The molecule has 2 N–H and O–H groups in total. The third-order valence-corrected chi connectivity index (χ3v) is 6.54. The van der Waals surface area contributed by atoms with Gasteiger partial charge in [-0.1, -0.05) is 69.3 Å². The van der Waals surface area contributed by atoms with Crippen molar-refractivity contribution in [3.63, 3.8) is 0 Å². The van der Waals surface area contributed by atoms with E-state index < -0.39 is 29.6 Å². The van der Waals surface area contributed by atoms with Crippen LogP contribution in [0.2, 0.25) is 0 Å². The number of amides is 2. The largest absolute Gasteiger partial charge is 0.480 e. The van der Waals surface area contributed by atoms with Crippen LogP contribution in [-0.4, -0.2) is 53.2 Å². The predicted octanol–water partition coefficient (Wildman–Crippen LogP) is 4.02. The molecule has 1 fully saturated rings. The van der Waals surface area contributed by atoms with Gasteiger partial charge in [-0.05, 0) is 40.5 Å². The average Bonchev–Trinajstić information content (AvgIpc) is 3.38. The van der Waals surface area contributed by atoms with Gasteiger partial charge in [-0.25, -0.2) is 9.59 Å². The van der Waals surface area contributed by atoms with Gasteiger partial charge in [0.2, 0.25) is 5.91 Å². The van der Waals surface area contributed by atoms with Crippen molar-refractivity contribution in [2.24, 2.45) is 5.41 Å². The summed E-state index contributed by atoms with van der Waals surface area (Å²) in [5.41, 5.74) is 3.87. The van der Waals surface area contributed by atoms with E-state index in [1.807, 2.05) is 57.2 Å². The lowest BCUT2D eigenvalue weighted by Gasteiger charge is -2.34. The molecule has 0 saturated carbocycles. The van der Waals surface area contributed by atoms with E-state index in [-0.39, 0.29) is 18.4 Å². The highest BCUT2D eigenvalue weighted by atomic mass is 16.5. The summed E-state index contributed by atoms with van der Waals surface area (Å²) in [5.74, 6) is -1.49. The molecule has 1 heterocycles. The molecule has 0 bridgehead atoms. The molecular weight excluding hydrogens is 420 g/mol. The van der Waals surface area contributed by atoms with Crippen LogP contribution in [0, 0.1) is 5.41 Å². The van der Waals surface area contributed by atoms with Crippen LogP contribution in [0.5, 0.6) is 0 Å². The predicted molar refractivity (Wildman–Crippen MR) is 124 cm³/mol. The number of benzene rings is 2. The quantitative estimate of drug-likeness (QED) is 0.717. The zero-order chi connectivity index (χ0) is 23.8. The van der Waals surface area contributed by atoms with Gasteiger partial charge >= 0.3 is 12.1 Å². The molecule has 1 aliphatic carbocycles. The van der Waals surface area contributed by atoms with Crippen LogP contribution < -0.4 is 5.32 Å². The minimum atomic E-state index is -1.02. The van der Waals surface area contributed by atoms with Gasteiger partial charge in [-0.3, -0.25) is 4.79 Å². The standard InChI is InChI=1S/C26H30N2O5/c1-26(2,3)22(23(29)28-14-8-13-21(28)24(30)31)27-25(32)33-15-20-18-11-6-4-9-16(18)17-10-5-7-12-19(17)20/h4-7,9-12,20-22H,8,13-15H2,1-3H3,(H,27,32)(H,30,31)/t21?,22-/m1/s1.